The van der Waals surface area contributed by atoms with Crippen molar-refractivity contribution in [1.29, 1.82) is 0 Å². The Labute approximate surface area is 162 Å². The van der Waals surface area contributed by atoms with E-state index >= 15 is 0 Å². The van der Waals surface area contributed by atoms with E-state index in [2.05, 4.69) is 17.0 Å². The van der Waals surface area contributed by atoms with Crippen molar-refractivity contribution in [3.63, 3.8) is 0 Å². The zero-order chi connectivity index (χ0) is 18.7. The van der Waals surface area contributed by atoms with Crippen molar-refractivity contribution in [3.8, 4) is 5.69 Å². The molecule has 0 N–H and O–H groups in total. The van der Waals surface area contributed by atoms with Gasteiger partial charge in [0.25, 0.3) is 5.91 Å². The highest BCUT2D eigenvalue weighted by Crippen LogP contribution is 2.21. The maximum Gasteiger partial charge on any atom is 0.257 e. The molecule has 0 radical (unpaired) electrons. The van der Waals surface area contributed by atoms with Gasteiger partial charge in [0.1, 0.15) is 0 Å². The summed E-state index contributed by atoms with van der Waals surface area (Å²) in [5.41, 5.74) is 3.25. The molecule has 7 heteroatoms. The summed E-state index contributed by atoms with van der Waals surface area (Å²) >= 11 is 7.72. The van der Waals surface area contributed by atoms with Crippen molar-refractivity contribution >= 4 is 28.8 Å². The van der Waals surface area contributed by atoms with Crippen molar-refractivity contribution in [2.45, 2.75) is 33.2 Å². The van der Waals surface area contributed by atoms with Crippen LogP contribution < -0.4 is 0 Å². The van der Waals surface area contributed by atoms with Gasteiger partial charge in [-0.25, -0.2) is 9.67 Å². The third kappa shape index (κ3) is 3.81. The molecule has 2 heterocycles. The van der Waals surface area contributed by atoms with Crippen LogP contribution in [0.4, 0.5) is 0 Å². The third-order valence-corrected chi connectivity index (χ3v) is 5.41. The Hall–Kier alpha value is -2.18. The lowest BCUT2D eigenvalue weighted by Gasteiger charge is -2.16. The zero-order valence-corrected chi connectivity index (χ0v) is 16.6. The van der Waals surface area contributed by atoms with E-state index in [0.717, 1.165) is 28.5 Å². The van der Waals surface area contributed by atoms with Gasteiger partial charge < -0.3 is 4.90 Å². The number of aryl methyl sites for hydroxylation is 1. The van der Waals surface area contributed by atoms with Crippen LogP contribution in [0.2, 0.25) is 5.02 Å². The van der Waals surface area contributed by atoms with E-state index in [1.165, 1.54) is 0 Å². The second-order valence-electron chi connectivity index (χ2n) is 6.00. The Morgan fingerprint density at radius 1 is 1.31 bits per heavy atom. The molecule has 0 bridgehead atoms. The first-order valence-electron chi connectivity index (χ1n) is 8.55. The first kappa shape index (κ1) is 18.6. The van der Waals surface area contributed by atoms with E-state index < -0.39 is 0 Å². The van der Waals surface area contributed by atoms with Crippen LogP contribution in [0.3, 0.4) is 0 Å². The SMILES string of the molecule is CCc1nc(CN(C)C(=O)c2cnn(-c3cccc(Cl)c3)c2CC)cs1. The molecule has 0 fully saturated rings. The van der Waals surface area contributed by atoms with Crippen LogP contribution >= 0.6 is 22.9 Å². The average molecular weight is 389 g/mol. The number of halogens is 1. The lowest BCUT2D eigenvalue weighted by Crippen LogP contribution is -2.27. The van der Waals surface area contributed by atoms with E-state index in [1.54, 1.807) is 34.2 Å². The molecule has 0 aliphatic rings. The minimum absolute atomic E-state index is 0.0545. The van der Waals surface area contributed by atoms with Crippen molar-refractivity contribution in [3.05, 3.63) is 62.8 Å². The zero-order valence-electron chi connectivity index (χ0n) is 15.1. The summed E-state index contributed by atoms with van der Waals surface area (Å²) in [4.78, 5) is 19.2. The van der Waals surface area contributed by atoms with Crippen LogP contribution in [-0.4, -0.2) is 32.6 Å². The predicted molar refractivity (Wildman–Crippen MR) is 105 cm³/mol. The number of carbonyl (C=O) groups excluding carboxylic acids is 1. The monoisotopic (exact) mass is 388 g/mol. The van der Waals surface area contributed by atoms with Crippen molar-refractivity contribution < 1.29 is 4.79 Å². The smallest absolute Gasteiger partial charge is 0.257 e. The average Bonchev–Trinajstić information content (AvgIpc) is 3.27. The molecule has 1 amide bonds. The van der Waals surface area contributed by atoms with Crippen LogP contribution in [0.1, 0.15) is 40.6 Å². The predicted octanol–water partition coefficient (Wildman–Crippen LogP) is 4.38. The first-order valence-corrected chi connectivity index (χ1v) is 9.80. The largest absolute Gasteiger partial charge is 0.336 e. The molecule has 0 saturated heterocycles. The minimum atomic E-state index is -0.0545. The van der Waals surface area contributed by atoms with Crippen molar-refractivity contribution in [1.82, 2.24) is 19.7 Å². The van der Waals surface area contributed by atoms with Gasteiger partial charge in [-0.15, -0.1) is 11.3 Å². The van der Waals surface area contributed by atoms with Gasteiger partial charge in [-0.3, -0.25) is 4.79 Å². The number of thiazole rings is 1. The summed E-state index contributed by atoms with van der Waals surface area (Å²) in [7, 11) is 1.80. The normalized spacial score (nSPS) is 10.9. The lowest BCUT2D eigenvalue weighted by molar-refractivity contribution is 0.0782. The minimum Gasteiger partial charge on any atom is -0.336 e. The van der Waals surface area contributed by atoms with E-state index in [0.29, 0.717) is 23.6 Å². The second-order valence-corrected chi connectivity index (χ2v) is 7.38. The van der Waals surface area contributed by atoms with Gasteiger partial charge in [0.05, 0.1) is 40.4 Å². The number of carbonyl (C=O) groups is 1. The van der Waals surface area contributed by atoms with Gasteiger partial charge in [-0.1, -0.05) is 31.5 Å². The molecule has 0 spiro atoms. The summed E-state index contributed by atoms with van der Waals surface area (Å²) in [6.07, 6.45) is 3.24. The molecule has 0 unspecified atom stereocenters. The van der Waals surface area contributed by atoms with Gasteiger partial charge >= 0.3 is 0 Å². The van der Waals surface area contributed by atoms with E-state index in [9.17, 15) is 4.79 Å². The summed E-state index contributed by atoms with van der Waals surface area (Å²) in [5, 5.41) is 8.16. The summed E-state index contributed by atoms with van der Waals surface area (Å²) in [5.74, 6) is -0.0545. The Morgan fingerprint density at radius 3 is 2.77 bits per heavy atom. The van der Waals surface area contributed by atoms with E-state index in [4.69, 9.17) is 11.6 Å². The summed E-state index contributed by atoms with van der Waals surface area (Å²) in [6.45, 7) is 4.58. The maximum atomic E-state index is 12.9. The molecule has 3 aromatic rings. The van der Waals surface area contributed by atoms with Gasteiger partial charge in [0.15, 0.2) is 0 Å². The van der Waals surface area contributed by atoms with Crippen molar-refractivity contribution in [2.24, 2.45) is 0 Å². The Balaban J connectivity index is 1.85. The topological polar surface area (TPSA) is 51.0 Å². The van der Waals surface area contributed by atoms with Crippen LogP contribution in [-0.2, 0) is 19.4 Å². The van der Waals surface area contributed by atoms with Gasteiger partial charge in [0.2, 0.25) is 0 Å². The van der Waals surface area contributed by atoms with Gasteiger partial charge in [-0.05, 0) is 31.0 Å². The standard InChI is InChI=1S/C19H21ClN4OS/c1-4-17-16(10-21-24(17)15-8-6-7-13(20)9-15)19(25)23(3)11-14-12-26-18(5-2)22-14/h6-10,12H,4-5,11H2,1-3H3. The third-order valence-electron chi connectivity index (χ3n) is 4.13. The molecule has 0 saturated carbocycles. The molecule has 2 aromatic heterocycles. The van der Waals surface area contributed by atoms with Gasteiger partial charge in [-0.2, -0.15) is 5.10 Å². The number of benzene rings is 1. The number of nitrogens with zero attached hydrogens (tertiary/aromatic N) is 4. The molecule has 136 valence electrons. The Morgan fingerprint density at radius 2 is 2.12 bits per heavy atom. The van der Waals surface area contributed by atoms with Crippen LogP contribution in [0.15, 0.2) is 35.8 Å². The number of amides is 1. The summed E-state index contributed by atoms with van der Waals surface area (Å²) in [6, 6.07) is 7.46. The number of hydrogen-bond acceptors (Lipinski definition) is 4. The van der Waals surface area contributed by atoms with E-state index in [-0.39, 0.29) is 5.91 Å². The van der Waals surface area contributed by atoms with Gasteiger partial charge in [0, 0.05) is 17.5 Å². The lowest BCUT2D eigenvalue weighted by atomic mass is 10.1. The number of rotatable bonds is 6. The fourth-order valence-corrected chi connectivity index (χ4v) is 3.75. The molecule has 0 atom stereocenters. The number of hydrogen-bond donors (Lipinski definition) is 0. The second kappa shape index (κ2) is 8.01. The van der Waals surface area contributed by atoms with Crippen molar-refractivity contribution in [2.75, 3.05) is 7.05 Å². The highest BCUT2D eigenvalue weighted by Gasteiger charge is 2.21. The van der Waals surface area contributed by atoms with Crippen LogP contribution in [0, 0.1) is 0 Å². The molecule has 26 heavy (non-hydrogen) atoms. The molecular formula is C19H21ClN4OS. The van der Waals surface area contributed by atoms with Crippen LogP contribution in [0.25, 0.3) is 5.69 Å². The summed E-state index contributed by atoms with van der Waals surface area (Å²) < 4.78 is 1.78. The number of aromatic nitrogens is 3. The maximum absolute atomic E-state index is 12.9. The van der Waals surface area contributed by atoms with E-state index in [1.807, 2.05) is 36.6 Å². The highest BCUT2D eigenvalue weighted by atomic mass is 35.5. The molecular weight excluding hydrogens is 368 g/mol. The molecule has 1 aromatic carbocycles. The fourth-order valence-electron chi connectivity index (χ4n) is 2.83. The molecule has 0 aliphatic carbocycles. The first-order chi connectivity index (χ1) is 12.5. The molecule has 3 rings (SSSR count). The molecule has 0 aliphatic heterocycles. The fraction of sp³-hybridized carbons (Fsp3) is 0.316. The molecule has 5 nitrogen and oxygen atoms in total. The Kier molecular flexibility index (Phi) is 5.74. The quantitative estimate of drug-likeness (QED) is 0.629. The Bertz CT molecular complexity index is 918. The van der Waals surface area contributed by atoms with Crippen LogP contribution in [0.5, 0.6) is 0 Å². The highest BCUT2D eigenvalue weighted by molar-refractivity contribution is 7.09.